The molecule has 0 bridgehead atoms. The van der Waals surface area contributed by atoms with E-state index in [2.05, 4.69) is 10.3 Å². The second-order valence-electron chi connectivity index (χ2n) is 4.07. The Kier molecular flexibility index (Phi) is 3.73. The number of benzene rings is 1. The number of nitrogens with two attached hydrogens (primary N) is 1. The van der Waals surface area contributed by atoms with E-state index in [1.54, 1.807) is 0 Å². The first kappa shape index (κ1) is 11.6. The minimum Gasteiger partial charge on any atom is -0.398 e. The van der Waals surface area contributed by atoms with Crippen molar-refractivity contribution in [1.29, 1.82) is 0 Å². The van der Waals surface area contributed by atoms with E-state index in [1.165, 1.54) is 0 Å². The Labute approximate surface area is 102 Å². The van der Waals surface area contributed by atoms with Crippen LogP contribution in [0, 0.1) is 6.92 Å². The predicted molar refractivity (Wildman–Crippen MR) is 70.4 cm³/mol. The van der Waals surface area contributed by atoms with Crippen LogP contribution in [0.25, 0.3) is 0 Å². The van der Waals surface area contributed by atoms with Crippen molar-refractivity contribution in [1.82, 2.24) is 10.3 Å². The van der Waals surface area contributed by atoms with E-state index in [0.29, 0.717) is 0 Å². The summed E-state index contributed by atoms with van der Waals surface area (Å²) in [5, 5.41) is 3.34. The molecule has 1 heterocycles. The van der Waals surface area contributed by atoms with Gasteiger partial charge in [-0.3, -0.25) is 4.98 Å². The van der Waals surface area contributed by atoms with Crippen LogP contribution in [0.1, 0.15) is 17.0 Å². The summed E-state index contributed by atoms with van der Waals surface area (Å²) < 4.78 is 0. The number of anilines is 1. The molecule has 0 saturated carbocycles. The summed E-state index contributed by atoms with van der Waals surface area (Å²) in [6.07, 6.45) is 0. The van der Waals surface area contributed by atoms with Crippen molar-refractivity contribution >= 4 is 5.69 Å². The van der Waals surface area contributed by atoms with Gasteiger partial charge in [-0.2, -0.15) is 0 Å². The molecule has 0 spiro atoms. The zero-order valence-electron chi connectivity index (χ0n) is 9.98. The fourth-order valence-corrected chi connectivity index (χ4v) is 1.72. The summed E-state index contributed by atoms with van der Waals surface area (Å²) >= 11 is 0. The number of aromatic nitrogens is 1. The minimum atomic E-state index is 0.760. The van der Waals surface area contributed by atoms with Gasteiger partial charge >= 0.3 is 0 Å². The SMILES string of the molecule is Cc1cccc(CNCc2ccccc2N)n1. The van der Waals surface area contributed by atoms with Crippen LogP contribution in [0.15, 0.2) is 42.5 Å². The number of hydrogen-bond donors (Lipinski definition) is 2. The van der Waals surface area contributed by atoms with Gasteiger partial charge in [-0.1, -0.05) is 24.3 Å². The maximum absolute atomic E-state index is 5.87. The van der Waals surface area contributed by atoms with Crippen molar-refractivity contribution in [2.75, 3.05) is 5.73 Å². The Morgan fingerprint density at radius 1 is 1.06 bits per heavy atom. The average molecular weight is 227 g/mol. The quantitative estimate of drug-likeness (QED) is 0.788. The first-order valence-corrected chi connectivity index (χ1v) is 5.72. The van der Waals surface area contributed by atoms with Crippen molar-refractivity contribution in [3.63, 3.8) is 0 Å². The van der Waals surface area contributed by atoms with Gasteiger partial charge in [-0.05, 0) is 30.7 Å². The number of pyridine rings is 1. The van der Waals surface area contributed by atoms with Gasteiger partial charge in [0.2, 0.25) is 0 Å². The summed E-state index contributed by atoms with van der Waals surface area (Å²) in [5.41, 5.74) is 9.92. The molecule has 1 aromatic carbocycles. The van der Waals surface area contributed by atoms with Crippen molar-refractivity contribution in [2.24, 2.45) is 0 Å². The molecule has 0 aliphatic carbocycles. The maximum atomic E-state index is 5.87. The highest BCUT2D eigenvalue weighted by molar-refractivity contribution is 5.46. The fourth-order valence-electron chi connectivity index (χ4n) is 1.72. The Morgan fingerprint density at radius 2 is 1.88 bits per heavy atom. The molecule has 0 aliphatic rings. The van der Waals surface area contributed by atoms with Crippen LogP contribution in [0.2, 0.25) is 0 Å². The van der Waals surface area contributed by atoms with Gasteiger partial charge in [0.15, 0.2) is 0 Å². The minimum absolute atomic E-state index is 0.760. The third-order valence-electron chi connectivity index (χ3n) is 2.62. The van der Waals surface area contributed by atoms with Crippen molar-refractivity contribution in [3.8, 4) is 0 Å². The monoisotopic (exact) mass is 227 g/mol. The number of hydrogen-bond acceptors (Lipinski definition) is 3. The molecular weight excluding hydrogens is 210 g/mol. The standard InChI is InChI=1S/C14H17N3/c1-11-5-4-7-13(17-11)10-16-9-12-6-2-3-8-14(12)15/h2-8,16H,9-10,15H2,1H3. The molecule has 0 amide bonds. The second-order valence-corrected chi connectivity index (χ2v) is 4.07. The Hall–Kier alpha value is -1.87. The van der Waals surface area contributed by atoms with Crippen molar-refractivity contribution in [3.05, 3.63) is 59.4 Å². The molecule has 3 heteroatoms. The molecule has 88 valence electrons. The summed E-state index contributed by atoms with van der Waals surface area (Å²) in [6.45, 7) is 3.52. The van der Waals surface area contributed by atoms with Gasteiger partial charge in [0.1, 0.15) is 0 Å². The maximum Gasteiger partial charge on any atom is 0.0544 e. The normalized spacial score (nSPS) is 10.4. The van der Waals surface area contributed by atoms with E-state index in [0.717, 1.165) is 35.7 Å². The molecule has 2 aromatic rings. The molecule has 0 radical (unpaired) electrons. The number of rotatable bonds is 4. The van der Waals surface area contributed by atoms with Gasteiger partial charge < -0.3 is 11.1 Å². The lowest BCUT2D eigenvalue weighted by molar-refractivity contribution is 0.679. The third kappa shape index (κ3) is 3.29. The van der Waals surface area contributed by atoms with Gasteiger partial charge in [0.25, 0.3) is 0 Å². The second kappa shape index (κ2) is 5.46. The first-order chi connectivity index (χ1) is 8.25. The van der Waals surface area contributed by atoms with E-state index in [-0.39, 0.29) is 0 Å². The Bertz CT molecular complexity index is 494. The Balaban J connectivity index is 1.90. The first-order valence-electron chi connectivity index (χ1n) is 5.72. The zero-order valence-corrected chi connectivity index (χ0v) is 9.98. The lowest BCUT2D eigenvalue weighted by Crippen LogP contribution is -2.14. The highest BCUT2D eigenvalue weighted by atomic mass is 14.9. The van der Waals surface area contributed by atoms with E-state index in [1.807, 2.05) is 49.4 Å². The molecule has 3 N–H and O–H groups in total. The number of para-hydroxylation sites is 1. The van der Waals surface area contributed by atoms with E-state index in [9.17, 15) is 0 Å². The van der Waals surface area contributed by atoms with Gasteiger partial charge in [0.05, 0.1) is 5.69 Å². The molecule has 0 atom stereocenters. The number of nitrogens with zero attached hydrogens (tertiary/aromatic N) is 1. The molecule has 0 fully saturated rings. The average Bonchev–Trinajstić information content (AvgIpc) is 2.32. The van der Waals surface area contributed by atoms with Crippen LogP contribution in [-0.4, -0.2) is 4.98 Å². The van der Waals surface area contributed by atoms with Gasteiger partial charge in [-0.15, -0.1) is 0 Å². The van der Waals surface area contributed by atoms with Crippen LogP contribution in [0.3, 0.4) is 0 Å². The highest BCUT2D eigenvalue weighted by Crippen LogP contribution is 2.09. The number of nitrogens with one attached hydrogen (secondary N) is 1. The molecule has 3 nitrogen and oxygen atoms in total. The summed E-state index contributed by atoms with van der Waals surface area (Å²) in [5.74, 6) is 0. The molecule has 17 heavy (non-hydrogen) atoms. The number of aryl methyl sites for hydroxylation is 1. The van der Waals surface area contributed by atoms with Crippen molar-refractivity contribution < 1.29 is 0 Å². The number of nitrogen functional groups attached to an aromatic ring is 1. The van der Waals surface area contributed by atoms with E-state index in [4.69, 9.17) is 5.73 Å². The molecule has 0 saturated heterocycles. The summed E-state index contributed by atoms with van der Waals surface area (Å²) in [4.78, 5) is 4.43. The molecule has 0 aliphatic heterocycles. The molecular formula is C14H17N3. The largest absolute Gasteiger partial charge is 0.398 e. The third-order valence-corrected chi connectivity index (χ3v) is 2.62. The smallest absolute Gasteiger partial charge is 0.0544 e. The van der Waals surface area contributed by atoms with E-state index < -0.39 is 0 Å². The van der Waals surface area contributed by atoms with Gasteiger partial charge in [-0.25, -0.2) is 0 Å². The van der Waals surface area contributed by atoms with Crippen LogP contribution >= 0.6 is 0 Å². The molecule has 2 rings (SSSR count). The van der Waals surface area contributed by atoms with Crippen LogP contribution in [-0.2, 0) is 13.1 Å². The topological polar surface area (TPSA) is 50.9 Å². The van der Waals surface area contributed by atoms with Crippen molar-refractivity contribution in [2.45, 2.75) is 20.0 Å². The lowest BCUT2D eigenvalue weighted by atomic mass is 10.2. The van der Waals surface area contributed by atoms with Gasteiger partial charge in [0, 0.05) is 24.5 Å². The summed E-state index contributed by atoms with van der Waals surface area (Å²) in [7, 11) is 0. The predicted octanol–water partition coefficient (Wildman–Crippen LogP) is 2.26. The Morgan fingerprint density at radius 3 is 2.65 bits per heavy atom. The van der Waals surface area contributed by atoms with E-state index >= 15 is 0 Å². The molecule has 1 aromatic heterocycles. The highest BCUT2D eigenvalue weighted by Gasteiger charge is 1.98. The van der Waals surface area contributed by atoms with Crippen LogP contribution in [0.5, 0.6) is 0 Å². The van der Waals surface area contributed by atoms with Crippen LogP contribution < -0.4 is 11.1 Å². The lowest BCUT2D eigenvalue weighted by Gasteiger charge is -2.07. The summed E-state index contributed by atoms with van der Waals surface area (Å²) in [6, 6.07) is 13.9. The zero-order chi connectivity index (χ0) is 12.1. The van der Waals surface area contributed by atoms with Crippen LogP contribution in [0.4, 0.5) is 5.69 Å². The molecule has 0 unspecified atom stereocenters. The fraction of sp³-hybridized carbons (Fsp3) is 0.214.